The van der Waals surface area contributed by atoms with E-state index < -0.39 is 0 Å². The number of methoxy groups -OCH3 is 3. The fraction of sp³-hybridized carbons (Fsp3) is 0.400. The zero-order valence-corrected chi connectivity index (χ0v) is 19.8. The van der Waals surface area contributed by atoms with Gasteiger partial charge in [0.25, 0.3) is 0 Å². The number of benzene rings is 2. The molecule has 1 unspecified atom stereocenters. The Morgan fingerprint density at radius 1 is 1.00 bits per heavy atom. The highest BCUT2D eigenvalue weighted by Gasteiger charge is 2.36. The molecule has 8 nitrogen and oxygen atoms in total. The molecule has 1 fully saturated rings. The molecule has 0 aliphatic carbocycles. The van der Waals surface area contributed by atoms with Crippen molar-refractivity contribution in [3.63, 3.8) is 0 Å². The maximum absolute atomic E-state index is 12.8. The van der Waals surface area contributed by atoms with E-state index >= 15 is 0 Å². The Morgan fingerprint density at radius 3 is 2.18 bits per heavy atom. The van der Waals surface area contributed by atoms with Crippen LogP contribution in [0, 0.1) is 0 Å². The smallest absolute Gasteiger partial charge is 0.232 e. The third-order valence-electron chi connectivity index (χ3n) is 5.89. The van der Waals surface area contributed by atoms with E-state index in [1.165, 1.54) is 5.56 Å². The molecule has 1 aliphatic heterocycles. The lowest BCUT2D eigenvalue weighted by molar-refractivity contribution is -0.117. The van der Waals surface area contributed by atoms with Crippen molar-refractivity contribution in [2.24, 2.45) is 0 Å². The largest absolute Gasteiger partial charge is 0.493 e. The zero-order valence-electron chi connectivity index (χ0n) is 19.8. The summed E-state index contributed by atoms with van der Waals surface area (Å²) < 4.78 is 21.8. The minimum absolute atomic E-state index is 0.0384. The Labute approximate surface area is 193 Å². The number of hydrogen-bond acceptors (Lipinski definition) is 7. The van der Waals surface area contributed by atoms with Crippen molar-refractivity contribution >= 4 is 11.6 Å². The molecule has 174 valence electrons. The first kappa shape index (κ1) is 22.6. The van der Waals surface area contributed by atoms with Gasteiger partial charge in [-0.05, 0) is 11.0 Å². The molecule has 0 N–H and O–H groups in total. The van der Waals surface area contributed by atoms with Crippen LogP contribution in [0.1, 0.15) is 44.6 Å². The topological polar surface area (TPSA) is 86.9 Å². The molecule has 0 bridgehead atoms. The molecule has 1 aliphatic rings. The number of hydrogen-bond donors (Lipinski definition) is 0. The van der Waals surface area contributed by atoms with Gasteiger partial charge >= 0.3 is 0 Å². The van der Waals surface area contributed by atoms with Crippen LogP contribution in [-0.2, 0) is 10.2 Å². The molecule has 33 heavy (non-hydrogen) atoms. The van der Waals surface area contributed by atoms with Gasteiger partial charge in [-0.1, -0.05) is 50.2 Å². The quantitative estimate of drug-likeness (QED) is 0.542. The standard InChI is InChI=1S/C25H29N3O5/c1-25(2,3)17-9-7-15(8-10-17)23-26-24(33-27-23)16-11-21(29)28(14-16)18-12-19(30-4)22(32-6)20(13-18)31-5/h7-10,12-13,16H,11,14H2,1-6H3. The average Bonchev–Trinajstić information content (AvgIpc) is 3.44. The van der Waals surface area contributed by atoms with Crippen LogP contribution >= 0.6 is 0 Å². The van der Waals surface area contributed by atoms with Crippen molar-refractivity contribution < 1.29 is 23.5 Å². The Kier molecular flexibility index (Phi) is 6.01. The lowest BCUT2D eigenvalue weighted by atomic mass is 9.87. The Hall–Kier alpha value is -3.55. The fourth-order valence-electron chi connectivity index (χ4n) is 3.98. The molecular weight excluding hydrogens is 422 g/mol. The summed E-state index contributed by atoms with van der Waals surface area (Å²) in [7, 11) is 4.63. The fourth-order valence-corrected chi connectivity index (χ4v) is 3.98. The molecule has 1 saturated heterocycles. The van der Waals surface area contributed by atoms with E-state index in [2.05, 4.69) is 43.0 Å². The Morgan fingerprint density at radius 2 is 1.64 bits per heavy atom. The lowest BCUT2D eigenvalue weighted by Gasteiger charge is -2.20. The summed E-state index contributed by atoms with van der Waals surface area (Å²) >= 11 is 0. The van der Waals surface area contributed by atoms with Crippen LogP contribution in [-0.4, -0.2) is 43.9 Å². The minimum atomic E-state index is -0.202. The van der Waals surface area contributed by atoms with Crippen LogP contribution in [0.25, 0.3) is 11.4 Å². The first-order chi connectivity index (χ1) is 15.7. The van der Waals surface area contributed by atoms with Crippen molar-refractivity contribution in [3.8, 4) is 28.6 Å². The van der Waals surface area contributed by atoms with Crippen LogP contribution < -0.4 is 19.1 Å². The number of anilines is 1. The highest BCUT2D eigenvalue weighted by atomic mass is 16.5. The van der Waals surface area contributed by atoms with Gasteiger partial charge < -0.3 is 23.6 Å². The highest BCUT2D eigenvalue weighted by Crippen LogP contribution is 2.43. The van der Waals surface area contributed by atoms with Crippen LogP contribution in [0.4, 0.5) is 5.69 Å². The molecule has 8 heteroatoms. The predicted molar refractivity (Wildman–Crippen MR) is 124 cm³/mol. The van der Waals surface area contributed by atoms with Gasteiger partial charge in [-0.15, -0.1) is 0 Å². The molecule has 2 aromatic carbocycles. The molecule has 1 atom stereocenters. The number of rotatable bonds is 6. The van der Waals surface area contributed by atoms with E-state index in [1.54, 1.807) is 38.4 Å². The number of aromatic nitrogens is 2. The van der Waals surface area contributed by atoms with Crippen molar-refractivity contribution in [2.75, 3.05) is 32.8 Å². The van der Waals surface area contributed by atoms with Gasteiger partial charge in [0.05, 0.1) is 32.9 Å². The second-order valence-corrected chi connectivity index (χ2v) is 9.07. The van der Waals surface area contributed by atoms with Gasteiger partial charge in [0.2, 0.25) is 23.4 Å². The molecule has 1 amide bonds. The van der Waals surface area contributed by atoms with Gasteiger partial charge in [0.15, 0.2) is 11.5 Å². The molecule has 0 radical (unpaired) electrons. The van der Waals surface area contributed by atoms with Crippen molar-refractivity contribution in [3.05, 3.63) is 47.9 Å². The summed E-state index contributed by atoms with van der Waals surface area (Å²) in [6.45, 7) is 6.93. The normalized spacial score (nSPS) is 16.2. The van der Waals surface area contributed by atoms with E-state index in [0.717, 1.165) is 5.56 Å². The maximum Gasteiger partial charge on any atom is 0.232 e. The number of carbonyl (C=O) groups is 1. The summed E-state index contributed by atoms with van der Waals surface area (Å²) in [6, 6.07) is 11.7. The van der Waals surface area contributed by atoms with Crippen LogP contribution in [0.5, 0.6) is 17.2 Å². The number of ether oxygens (including phenoxy) is 3. The molecule has 4 rings (SSSR count). The van der Waals surface area contributed by atoms with Gasteiger partial charge in [-0.2, -0.15) is 4.98 Å². The summed E-state index contributed by atoms with van der Waals surface area (Å²) in [6.07, 6.45) is 0.279. The number of nitrogens with zero attached hydrogens (tertiary/aromatic N) is 3. The molecule has 1 aromatic heterocycles. The minimum Gasteiger partial charge on any atom is -0.493 e. The number of amides is 1. The molecular formula is C25H29N3O5. The summed E-state index contributed by atoms with van der Waals surface area (Å²) in [5.74, 6) is 2.18. The number of carbonyl (C=O) groups excluding carboxylic acids is 1. The van der Waals surface area contributed by atoms with Crippen LogP contribution in [0.2, 0.25) is 0 Å². The summed E-state index contributed by atoms with van der Waals surface area (Å²) in [4.78, 5) is 19.1. The van der Waals surface area contributed by atoms with E-state index in [0.29, 0.717) is 41.2 Å². The summed E-state index contributed by atoms with van der Waals surface area (Å²) in [5, 5.41) is 4.15. The van der Waals surface area contributed by atoms with Gasteiger partial charge in [0.1, 0.15) is 0 Å². The van der Waals surface area contributed by atoms with E-state index in [9.17, 15) is 4.79 Å². The molecule has 0 saturated carbocycles. The van der Waals surface area contributed by atoms with E-state index in [1.807, 2.05) is 12.1 Å². The molecule has 0 spiro atoms. The third-order valence-corrected chi connectivity index (χ3v) is 5.89. The first-order valence-corrected chi connectivity index (χ1v) is 10.8. The van der Waals surface area contributed by atoms with Crippen molar-refractivity contribution in [1.82, 2.24) is 10.1 Å². The predicted octanol–water partition coefficient (Wildman–Crippen LogP) is 4.58. The average molecular weight is 452 g/mol. The van der Waals surface area contributed by atoms with E-state index in [-0.39, 0.29) is 23.7 Å². The van der Waals surface area contributed by atoms with Gasteiger partial charge in [-0.25, -0.2) is 0 Å². The van der Waals surface area contributed by atoms with Crippen molar-refractivity contribution in [1.29, 1.82) is 0 Å². The monoisotopic (exact) mass is 451 g/mol. The molecule has 3 aromatic rings. The zero-order chi connectivity index (χ0) is 23.8. The van der Waals surface area contributed by atoms with Gasteiger partial charge in [-0.3, -0.25) is 4.79 Å². The van der Waals surface area contributed by atoms with Crippen molar-refractivity contribution in [2.45, 2.75) is 38.5 Å². The summed E-state index contributed by atoms with van der Waals surface area (Å²) in [5.41, 5.74) is 2.84. The lowest BCUT2D eigenvalue weighted by Crippen LogP contribution is -2.24. The van der Waals surface area contributed by atoms with Crippen LogP contribution in [0.15, 0.2) is 40.9 Å². The van der Waals surface area contributed by atoms with Crippen LogP contribution in [0.3, 0.4) is 0 Å². The first-order valence-electron chi connectivity index (χ1n) is 10.8. The maximum atomic E-state index is 12.8. The SMILES string of the molecule is COc1cc(N2CC(c3nc(-c4ccc(C(C)(C)C)cc4)no3)CC2=O)cc(OC)c1OC. The second kappa shape index (κ2) is 8.77. The van der Waals surface area contributed by atoms with Gasteiger partial charge in [0, 0.05) is 30.7 Å². The second-order valence-electron chi connectivity index (χ2n) is 9.07. The molecule has 2 heterocycles. The Balaban J connectivity index is 1.56. The third kappa shape index (κ3) is 4.37. The van der Waals surface area contributed by atoms with E-state index in [4.69, 9.17) is 18.7 Å². The Bertz CT molecular complexity index is 1120. The highest BCUT2D eigenvalue weighted by molar-refractivity contribution is 5.97.